The summed E-state index contributed by atoms with van der Waals surface area (Å²) in [7, 11) is 2.13. The second kappa shape index (κ2) is 8.38. The molecule has 0 aliphatic heterocycles. The molecule has 102 valence electrons. The number of nitrogens with one attached hydrogen (secondary N) is 1. The van der Waals surface area contributed by atoms with Gasteiger partial charge in [0.25, 0.3) is 0 Å². The Kier molecular flexibility index (Phi) is 7.13. The van der Waals surface area contributed by atoms with Gasteiger partial charge in [0.15, 0.2) is 0 Å². The highest BCUT2D eigenvalue weighted by molar-refractivity contribution is 7.98. The van der Waals surface area contributed by atoms with Crippen LogP contribution in [0, 0.1) is 5.82 Å². The lowest BCUT2D eigenvalue weighted by atomic mass is 10.2. The molecule has 1 aromatic rings. The molecular formula is C14H23FN2S. The van der Waals surface area contributed by atoms with Gasteiger partial charge in [0.1, 0.15) is 5.82 Å². The molecule has 0 aliphatic carbocycles. The summed E-state index contributed by atoms with van der Waals surface area (Å²) in [5.74, 6) is 0.962. The molecule has 0 fully saturated rings. The molecule has 1 rings (SSSR count). The first-order chi connectivity index (χ1) is 8.69. The van der Waals surface area contributed by atoms with Crippen LogP contribution in [-0.4, -0.2) is 43.1 Å². The van der Waals surface area contributed by atoms with Crippen molar-refractivity contribution in [3.05, 3.63) is 30.1 Å². The van der Waals surface area contributed by atoms with E-state index in [9.17, 15) is 4.39 Å². The van der Waals surface area contributed by atoms with Gasteiger partial charge in [0.05, 0.1) is 5.69 Å². The van der Waals surface area contributed by atoms with Gasteiger partial charge in [0, 0.05) is 24.9 Å². The molecule has 0 saturated carbocycles. The first-order valence-corrected chi connectivity index (χ1v) is 7.76. The number of halogens is 1. The van der Waals surface area contributed by atoms with E-state index >= 15 is 0 Å². The quantitative estimate of drug-likeness (QED) is 0.780. The highest BCUT2D eigenvalue weighted by Crippen LogP contribution is 2.12. The summed E-state index contributed by atoms with van der Waals surface area (Å²) < 4.78 is 13.4. The zero-order valence-electron chi connectivity index (χ0n) is 11.4. The van der Waals surface area contributed by atoms with Crippen LogP contribution in [0.2, 0.25) is 0 Å². The molecule has 4 heteroatoms. The average molecular weight is 270 g/mol. The van der Waals surface area contributed by atoms with Gasteiger partial charge in [-0.05, 0) is 31.9 Å². The second-order valence-electron chi connectivity index (χ2n) is 4.40. The lowest BCUT2D eigenvalue weighted by Gasteiger charge is -2.26. The largest absolute Gasteiger partial charge is 0.381 e. The van der Waals surface area contributed by atoms with Crippen LogP contribution < -0.4 is 5.32 Å². The normalized spacial score (nSPS) is 12.7. The molecule has 0 bridgehead atoms. The Hall–Kier alpha value is -0.740. The first kappa shape index (κ1) is 15.3. The predicted molar refractivity (Wildman–Crippen MR) is 80.0 cm³/mol. The van der Waals surface area contributed by atoms with Crippen LogP contribution in [0.15, 0.2) is 24.3 Å². The molecule has 1 atom stereocenters. The lowest BCUT2D eigenvalue weighted by molar-refractivity contribution is 0.265. The van der Waals surface area contributed by atoms with Crippen molar-refractivity contribution in [2.75, 3.05) is 37.5 Å². The van der Waals surface area contributed by atoms with Crippen LogP contribution in [0.4, 0.5) is 10.1 Å². The molecule has 1 N–H and O–H groups in total. The van der Waals surface area contributed by atoms with E-state index in [2.05, 4.69) is 30.4 Å². The van der Waals surface area contributed by atoms with Crippen LogP contribution >= 0.6 is 11.8 Å². The molecule has 0 aliphatic rings. The van der Waals surface area contributed by atoms with E-state index in [-0.39, 0.29) is 5.82 Å². The number of anilines is 1. The van der Waals surface area contributed by atoms with Gasteiger partial charge in [-0.25, -0.2) is 4.39 Å². The van der Waals surface area contributed by atoms with Crippen molar-refractivity contribution in [2.45, 2.75) is 19.4 Å². The standard InChI is InChI=1S/C14H23FN2S/c1-4-12(11-18-3)17(2)10-9-16-14-8-6-5-7-13(14)15/h5-8,12,16H,4,9-11H2,1-3H3. The van der Waals surface area contributed by atoms with Crippen molar-refractivity contribution in [2.24, 2.45) is 0 Å². The fourth-order valence-electron chi connectivity index (χ4n) is 1.90. The van der Waals surface area contributed by atoms with Gasteiger partial charge in [-0.2, -0.15) is 11.8 Å². The van der Waals surface area contributed by atoms with Gasteiger partial charge >= 0.3 is 0 Å². The summed E-state index contributed by atoms with van der Waals surface area (Å²) in [6.45, 7) is 3.90. The highest BCUT2D eigenvalue weighted by Gasteiger charge is 2.11. The minimum atomic E-state index is -0.184. The highest BCUT2D eigenvalue weighted by atomic mass is 32.2. The van der Waals surface area contributed by atoms with E-state index in [0.29, 0.717) is 11.7 Å². The second-order valence-corrected chi connectivity index (χ2v) is 5.32. The SMILES string of the molecule is CCC(CSC)N(C)CCNc1ccccc1F. The smallest absolute Gasteiger partial charge is 0.146 e. The Balaban J connectivity index is 2.35. The van der Waals surface area contributed by atoms with Gasteiger partial charge < -0.3 is 10.2 Å². The van der Waals surface area contributed by atoms with Crippen LogP contribution in [-0.2, 0) is 0 Å². The molecule has 0 saturated heterocycles. The number of para-hydroxylation sites is 1. The van der Waals surface area contributed by atoms with Crippen molar-refractivity contribution >= 4 is 17.4 Å². The Morgan fingerprint density at radius 2 is 2.11 bits per heavy atom. The first-order valence-electron chi connectivity index (χ1n) is 6.36. The summed E-state index contributed by atoms with van der Waals surface area (Å²) in [6, 6.07) is 7.40. The zero-order valence-corrected chi connectivity index (χ0v) is 12.3. The topological polar surface area (TPSA) is 15.3 Å². The van der Waals surface area contributed by atoms with E-state index in [1.165, 1.54) is 6.07 Å². The molecule has 18 heavy (non-hydrogen) atoms. The molecule has 0 amide bonds. The van der Waals surface area contributed by atoms with Crippen molar-refractivity contribution < 1.29 is 4.39 Å². The molecule has 0 heterocycles. The third-order valence-electron chi connectivity index (χ3n) is 3.11. The number of rotatable bonds is 8. The summed E-state index contributed by atoms with van der Waals surface area (Å²) in [4.78, 5) is 2.34. The maximum atomic E-state index is 13.4. The summed E-state index contributed by atoms with van der Waals surface area (Å²) >= 11 is 1.87. The van der Waals surface area contributed by atoms with Gasteiger partial charge in [0.2, 0.25) is 0 Å². The van der Waals surface area contributed by atoms with E-state index in [0.717, 1.165) is 25.3 Å². The third-order valence-corrected chi connectivity index (χ3v) is 3.83. The lowest BCUT2D eigenvalue weighted by Crippen LogP contribution is -2.36. The predicted octanol–water partition coefficient (Wildman–Crippen LogP) is 3.31. The molecular weight excluding hydrogens is 247 g/mol. The van der Waals surface area contributed by atoms with E-state index < -0.39 is 0 Å². The molecule has 2 nitrogen and oxygen atoms in total. The zero-order chi connectivity index (χ0) is 13.4. The maximum Gasteiger partial charge on any atom is 0.146 e. The van der Waals surface area contributed by atoms with Crippen LogP contribution in [0.3, 0.4) is 0 Å². The van der Waals surface area contributed by atoms with Crippen molar-refractivity contribution in [1.82, 2.24) is 4.90 Å². The van der Waals surface area contributed by atoms with Crippen LogP contribution in [0.1, 0.15) is 13.3 Å². The van der Waals surface area contributed by atoms with Gasteiger partial charge in [-0.15, -0.1) is 0 Å². The summed E-state index contributed by atoms with van der Waals surface area (Å²) in [6.07, 6.45) is 3.28. The van der Waals surface area contributed by atoms with Crippen molar-refractivity contribution in [3.8, 4) is 0 Å². The molecule has 0 aromatic heterocycles. The van der Waals surface area contributed by atoms with Crippen LogP contribution in [0.5, 0.6) is 0 Å². The Morgan fingerprint density at radius 3 is 2.72 bits per heavy atom. The number of nitrogens with zero attached hydrogens (tertiary/aromatic N) is 1. The minimum Gasteiger partial charge on any atom is -0.381 e. The monoisotopic (exact) mass is 270 g/mol. The Bertz CT molecular complexity index is 346. The molecule has 0 spiro atoms. The number of benzene rings is 1. The van der Waals surface area contributed by atoms with E-state index in [4.69, 9.17) is 0 Å². The van der Waals surface area contributed by atoms with E-state index in [1.807, 2.05) is 17.8 Å². The van der Waals surface area contributed by atoms with Crippen LogP contribution in [0.25, 0.3) is 0 Å². The maximum absolute atomic E-state index is 13.4. The molecule has 1 aromatic carbocycles. The van der Waals surface area contributed by atoms with Gasteiger partial charge in [-0.3, -0.25) is 0 Å². The molecule has 1 unspecified atom stereocenters. The van der Waals surface area contributed by atoms with E-state index in [1.54, 1.807) is 12.1 Å². The summed E-state index contributed by atoms with van der Waals surface area (Å²) in [5, 5.41) is 3.14. The number of likely N-dealkylation sites (N-methyl/N-ethyl adjacent to an activating group) is 1. The number of thioether (sulfide) groups is 1. The summed E-state index contributed by atoms with van der Waals surface area (Å²) in [5.41, 5.74) is 0.587. The minimum absolute atomic E-state index is 0.184. The number of hydrogen-bond acceptors (Lipinski definition) is 3. The Morgan fingerprint density at radius 1 is 1.39 bits per heavy atom. The fourth-order valence-corrected chi connectivity index (χ4v) is 2.78. The Labute approximate surface area is 114 Å². The third kappa shape index (κ3) is 4.86. The fraction of sp³-hybridized carbons (Fsp3) is 0.571. The van der Waals surface area contributed by atoms with Crippen molar-refractivity contribution in [1.29, 1.82) is 0 Å². The number of hydrogen-bond donors (Lipinski definition) is 1. The van der Waals surface area contributed by atoms with Crippen molar-refractivity contribution in [3.63, 3.8) is 0 Å². The van der Waals surface area contributed by atoms with Gasteiger partial charge in [-0.1, -0.05) is 19.1 Å². The molecule has 0 radical (unpaired) electrons. The average Bonchev–Trinajstić information content (AvgIpc) is 2.38.